The van der Waals surface area contributed by atoms with Crippen LogP contribution in [0.15, 0.2) is 54.6 Å². The molecule has 4 heteroatoms. The van der Waals surface area contributed by atoms with Crippen LogP contribution in [-0.4, -0.2) is 37.4 Å². The van der Waals surface area contributed by atoms with Crippen molar-refractivity contribution in [2.45, 2.75) is 25.2 Å². The Bertz CT molecular complexity index is 787. The summed E-state index contributed by atoms with van der Waals surface area (Å²) < 4.78 is 0. The van der Waals surface area contributed by atoms with Crippen LogP contribution in [0.5, 0.6) is 0 Å². The SMILES string of the molecule is CCN(C)C(=O)C[C@@]1(Cc2ccccc2)C(=O)N(C)c2ccccc21. The third-order valence-corrected chi connectivity index (χ3v) is 5.20. The zero-order valence-electron chi connectivity index (χ0n) is 15.0. The molecule has 0 N–H and O–H groups in total. The van der Waals surface area contributed by atoms with Gasteiger partial charge in [-0.25, -0.2) is 0 Å². The Morgan fingerprint density at radius 1 is 1.08 bits per heavy atom. The lowest BCUT2D eigenvalue weighted by Gasteiger charge is -2.30. The predicted octanol–water partition coefficient (Wildman–Crippen LogP) is 3.01. The van der Waals surface area contributed by atoms with Gasteiger partial charge in [0.25, 0.3) is 0 Å². The molecule has 3 rings (SSSR count). The molecule has 0 bridgehead atoms. The van der Waals surface area contributed by atoms with Gasteiger partial charge in [-0.05, 0) is 30.5 Å². The monoisotopic (exact) mass is 336 g/mol. The van der Waals surface area contributed by atoms with Crippen molar-refractivity contribution >= 4 is 17.5 Å². The number of likely N-dealkylation sites (N-methyl/N-ethyl adjacent to an activating group) is 1. The molecule has 1 atom stereocenters. The Morgan fingerprint density at radius 3 is 2.40 bits per heavy atom. The van der Waals surface area contributed by atoms with Crippen molar-refractivity contribution in [3.63, 3.8) is 0 Å². The van der Waals surface area contributed by atoms with Gasteiger partial charge in [-0.15, -0.1) is 0 Å². The fourth-order valence-corrected chi connectivity index (χ4v) is 3.63. The molecule has 0 unspecified atom stereocenters. The van der Waals surface area contributed by atoms with Gasteiger partial charge in [0.15, 0.2) is 0 Å². The van der Waals surface area contributed by atoms with E-state index in [-0.39, 0.29) is 18.2 Å². The molecule has 1 aliphatic heterocycles. The average molecular weight is 336 g/mol. The van der Waals surface area contributed by atoms with E-state index < -0.39 is 5.41 Å². The van der Waals surface area contributed by atoms with Crippen LogP contribution in [0.1, 0.15) is 24.5 Å². The fourth-order valence-electron chi connectivity index (χ4n) is 3.63. The number of fused-ring (bicyclic) bond motifs is 1. The van der Waals surface area contributed by atoms with E-state index in [4.69, 9.17) is 0 Å². The summed E-state index contributed by atoms with van der Waals surface area (Å²) >= 11 is 0. The van der Waals surface area contributed by atoms with Crippen LogP contribution in [-0.2, 0) is 21.4 Å². The van der Waals surface area contributed by atoms with Gasteiger partial charge in [0.2, 0.25) is 11.8 Å². The van der Waals surface area contributed by atoms with Crippen LogP contribution in [0, 0.1) is 0 Å². The number of hydrogen-bond acceptors (Lipinski definition) is 2. The van der Waals surface area contributed by atoms with Crippen molar-refractivity contribution in [2.75, 3.05) is 25.5 Å². The minimum absolute atomic E-state index is 0.00289. The van der Waals surface area contributed by atoms with Crippen molar-refractivity contribution in [1.29, 1.82) is 0 Å². The molecule has 1 aliphatic rings. The van der Waals surface area contributed by atoms with Crippen molar-refractivity contribution in [3.8, 4) is 0 Å². The molecule has 0 fully saturated rings. The largest absolute Gasteiger partial charge is 0.346 e. The Balaban J connectivity index is 2.09. The molecule has 25 heavy (non-hydrogen) atoms. The Morgan fingerprint density at radius 2 is 1.72 bits per heavy atom. The molecule has 2 aromatic rings. The normalized spacial score (nSPS) is 19.0. The van der Waals surface area contributed by atoms with Crippen molar-refractivity contribution in [3.05, 3.63) is 65.7 Å². The minimum Gasteiger partial charge on any atom is -0.346 e. The first-order valence-corrected chi connectivity index (χ1v) is 8.65. The third kappa shape index (κ3) is 2.93. The highest BCUT2D eigenvalue weighted by atomic mass is 16.2. The number of para-hydroxylation sites is 1. The van der Waals surface area contributed by atoms with E-state index in [0.717, 1.165) is 16.8 Å². The van der Waals surface area contributed by atoms with E-state index in [1.54, 1.807) is 23.9 Å². The summed E-state index contributed by atoms with van der Waals surface area (Å²) in [4.78, 5) is 29.4. The van der Waals surface area contributed by atoms with Gasteiger partial charge in [-0.2, -0.15) is 0 Å². The lowest BCUT2D eigenvalue weighted by molar-refractivity contribution is -0.135. The highest BCUT2D eigenvalue weighted by Gasteiger charge is 2.50. The van der Waals surface area contributed by atoms with Gasteiger partial charge in [-0.1, -0.05) is 48.5 Å². The van der Waals surface area contributed by atoms with Gasteiger partial charge in [0, 0.05) is 32.7 Å². The van der Waals surface area contributed by atoms with E-state index in [2.05, 4.69) is 0 Å². The number of amides is 2. The first-order chi connectivity index (χ1) is 12.0. The first-order valence-electron chi connectivity index (χ1n) is 8.65. The molecule has 0 aromatic heterocycles. The maximum absolute atomic E-state index is 13.3. The highest BCUT2D eigenvalue weighted by Crippen LogP contribution is 2.45. The molecule has 2 amide bonds. The van der Waals surface area contributed by atoms with Crippen LogP contribution in [0.25, 0.3) is 0 Å². The molecule has 2 aromatic carbocycles. The molecule has 0 saturated heterocycles. The Labute approximate surface area is 149 Å². The summed E-state index contributed by atoms with van der Waals surface area (Å²) in [7, 11) is 3.58. The average Bonchev–Trinajstić information content (AvgIpc) is 2.84. The van der Waals surface area contributed by atoms with Crippen LogP contribution < -0.4 is 4.90 Å². The molecule has 130 valence electrons. The lowest BCUT2D eigenvalue weighted by Crippen LogP contribution is -2.44. The summed E-state index contributed by atoms with van der Waals surface area (Å²) in [5, 5.41) is 0. The predicted molar refractivity (Wildman–Crippen MR) is 99.6 cm³/mol. The summed E-state index contributed by atoms with van der Waals surface area (Å²) in [6.45, 7) is 2.57. The maximum atomic E-state index is 13.3. The van der Waals surface area contributed by atoms with Crippen LogP contribution in [0.3, 0.4) is 0 Å². The second kappa shape index (κ2) is 6.71. The first kappa shape index (κ1) is 17.2. The number of nitrogens with zero attached hydrogens (tertiary/aromatic N) is 2. The zero-order chi connectivity index (χ0) is 18.0. The van der Waals surface area contributed by atoms with E-state index in [0.29, 0.717) is 13.0 Å². The summed E-state index contributed by atoms with van der Waals surface area (Å²) in [5.74, 6) is -0.00714. The molecule has 0 aliphatic carbocycles. The van der Waals surface area contributed by atoms with Gasteiger partial charge in [0.1, 0.15) is 0 Å². The molecule has 0 saturated carbocycles. The summed E-state index contributed by atoms with van der Waals surface area (Å²) in [6, 6.07) is 17.7. The number of benzene rings is 2. The molecule has 1 heterocycles. The molecule has 0 radical (unpaired) electrons. The molecule has 4 nitrogen and oxygen atoms in total. The van der Waals surface area contributed by atoms with Crippen molar-refractivity contribution in [2.24, 2.45) is 0 Å². The number of carbonyl (C=O) groups excluding carboxylic acids is 2. The summed E-state index contributed by atoms with van der Waals surface area (Å²) in [5.41, 5.74) is 2.07. The topological polar surface area (TPSA) is 40.6 Å². The Kier molecular flexibility index (Phi) is 4.62. The summed E-state index contributed by atoms with van der Waals surface area (Å²) in [6.07, 6.45) is 0.712. The maximum Gasteiger partial charge on any atom is 0.238 e. The van der Waals surface area contributed by atoms with Crippen molar-refractivity contribution < 1.29 is 9.59 Å². The zero-order valence-corrected chi connectivity index (χ0v) is 15.0. The minimum atomic E-state index is -0.840. The number of hydrogen-bond donors (Lipinski definition) is 0. The van der Waals surface area contributed by atoms with Gasteiger partial charge in [0.05, 0.1) is 5.41 Å². The van der Waals surface area contributed by atoms with Crippen LogP contribution in [0.4, 0.5) is 5.69 Å². The standard InChI is InChI=1S/C21H24N2O2/c1-4-22(2)19(24)15-21(14-16-10-6-5-7-11-16)17-12-8-9-13-18(17)23(3)20(21)25/h5-13H,4,14-15H2,1-3H3/t21-/m1/s1. The second-order valence-corrected chi connectivity index (χ2v) is 6.71. The van der Waals surface area contributed by atoms with Gasteiger partial charge >= 0.3 is 0 Å². The van der Waals surface area contributed by atoms with Gasteiger partial charge < -0.3 is 9.80 Å². The fraction of sp³-hybridized carbons (Fsp3) is 0.333. The molecular formula is C21H24N2O2. The van der Waals surface area contributed by atoms with E-state index in [1.165, 1.54) is 0 Å². The van der Waals surface area contributed by atoms with E-state index in [1.807, 2.05) is 61.5 Å². The molecular weight excluding hydrogens is 312 g/mol. The Hall–Kier alpha value is -2.62. The quantitative estimate of drug-likeness (QED) is 0.842. The van der Waals surface area contributed by atoms with Crippen LogP contribution in [0.2, 0.25) is 0 Å². The van der Waals surface area contributed by atoms with E-state index in [9.17, 15) is 9.59 Å². The third-order valence-electron chi connectivity index (χ3n) is 5.20. The second-order valence-electron chi connectivity index (χ2n) is 6.71. The van der Waals surface area contributed by atoms with Gasteiger partial charge in [-0.3, -0.25) is 9.59 Å². The number of anilines is 1. The molecule has 0 spiro atoms. The van der Waals surface area contributed by atoms with Crippen molar-refractivity contribution in [1.82, 2.24) is 4.90 Å². The smallest absolute Gasteiger partial charge is 0.238 e. The highest BCUT2D eigenvalue weighted by molar-refractivity contribution is 6.09. The lowest BCUT2D eigenvalue weighted by atomic mass is 9.73. The van der Waals surface area contributed by atoms with E-state index >= 15 is 0 Å². The number of carbonyl (C=O) groups is 2. The number of rotatable bonds is 5. The van der Waals surface area contributed by atoms with Crippen LogP contribution >= 0.6 is 0 Å².